The average molecular weight is 353 g/mol. The molecule has 0 spiro atoms. The number of carbonyl (C=O) groups excluding carboxylic acids is 2. The van der Waals surface area contributed by atoms with Crippen molar-refractivity contribution in [2.45, 2.75) is 19.3 Å². The molecule has 1 aliphatic rings. The van der Waals surface area contributed by atoms with Gasteiger partial charge in [0.2, 0.25) is 11.8 Å². The van der Waals surface area contributed by atoms with Gasteiger partial charge in [-0.15, -0.1) is 0 Å². The standard InChI is InChI=1S/C20H23N3O3/c24-19(10-13-26-18-8-2-1-3-9-18)23-12-5-6-16(15-23)20(25)22-17-7-4-11-21-14-17/h1-4,7-9,11,14,16H,5-6,10,12-13,15H2,(H,22,25)/t16-/m1/s1. The van der Waals surface area contributed by atoms with Crippen LogP contribution in [0.1, 0.15) is 19.3 Å². The molecule has 6 nitrogen and oxygen atoms in total. The second-order valence-electron chi connectivity index (χ2n) is 6.32. The van der Waals surface area contributed by atoms with Crippen molar-refractivity contribution in [2.75, 3.05) is 25.0 Å². The molecule has 136 valence electrons. The van der Waals surface area contributed by atoms with Gasteiger partial charge >= 0.3 is 0 Å². The lowest BCUT2D eigenvalue weighted by Crippen LogP contribution is -2.44. The fourth-order valence-electron chi connectivity index (χ4n) is 3.03. The molecule has 2 amide bonds. The molecule has 0 saturated carbocycles. The number of nitrogens with one attached hydrogen (secondary N) is 1. The largest absolute Gasteiger partial charge is 0.493 e. The summed E-state index contributed by atoms with van der Waals surface area (Å²) in [6.45, 7) is 1.49. The minimum atomic E-state index is -0.192. The third-order valence-corrected chi connectivity index (χ3v) is 4.40. The molecule has 1 aromatic heterocycles. The Morgan fingerprint density at radius 1 is 1.19 bits per heavy atom. The van der Waals surface area contributed by atoms with Gasteiger partial charge in [0.25, 0.3) is 0 Å². The molecule has 2 heterocycles. The van der Waals surface area contributed by atoms with Crippen LogP contribution in [-0.2, 0) is 9.59 Å². The van der Waals surface area contributed by atoms with E-state index in [4.69, 9.17) is 4.74 Å². The lowest BCUT2D eigenvalue weighted by atomic mass is 9.97. The van der Waals surface area contributed by atoms with Gasteiger partial charge in [-0.2, -0.15) is 0 Å². The highest BCUT2D eigenvalue weighted by molar-refractivity contribution is 5.93. The molecule has 1 aliphatic heterocycles. The van der Waals surface area contributed by atoms with Crippen molar-refractivity contribution in [3.8, 4) is 5.75 Å². The van der Waals surface area contributed by atoms with E-state index in [2.05, 4.69) is 10.3 Å². The van der Waals surface area contributed by atoms with Crippen LogP contribution < -0.4 is 10.1 Å². The van der Waals surface area contributed by atoms with Gasteiger partial charge in [0.1, 0.15) is 5.75 Å². The third-order valence-electron chi connectivity index (χ3n) is 4.40. The number of piperidine rings is 1. The number of hydrogen-bond donors (Lipinski definition) is 1. The van der Waals surface area contributed by atoms with Crippen LogP contribution in [0.15, 0.2) is 54.9 Å². The van der Waals surface area contributed by atoms with Crippen molar-refractivity contribution in [2.24, 2.45) is 5.92 Å². The molecule has 6 heteroatoms. The van der Waals surface area contributed by atoms with Gasteiger partial charge in [-0.25, -0.2) is 0 Å². The van der Waals surface area contributed by atoms with E-state index in [0.29, 0.717) is 31.8 Å². The number of anilines is 1. The number of para-hydroxylation sites is 1. The molecular weight excluding hydrogens is 330 g/mol. The minimum absolute atomic E-state index is 0.0276. The maximum Gasteiger partial charge on any atom is 0.229 e. The first-order valence-corrected chi connectivity index (χ1v) is 8.89. The molecule has 0 aliphatic carbocycles. The predicted molar refractivity (Wildman–Crippen MR) is 98.7 cm³/mol. The second-order valence-corrected chi connectivity index (χ2v) is 6.32. The van der Waals surface area contributed by atoms with E-state index in [-0.39, 0.29) is 17.7 Å². The number of amides is 2. The normalized spacial score (nSPS) is 16.8. The van der Waals surface area contributed by atoms with Gasteiger partial charge in [0, 0.05) is 19.3 Å². The highest BCUT2D eigenvalue weighted by Crippen LogP contribution is 2.19. The minimum Gasteiger partial charge on any atom is -0.493 e. The maximum atomic E-state index is 12.4. The fraction of sp³-hybridized carbons (Fsp3) is 0.350. The van der Waals surface area contributed by atoms with Crippen LogP contribution in [0.2, 0.25) is 0 Å². The summed E-state index contributed by atoms with van der Waals surface area (Å²) in [6.07, 6.45) is 5.21. The van der Waals surface area contributed by atoms with E-state index in [1.165, 1.54) is 0 Å². The zero-order valence-electron chi connectivity index (χ0n) is 14.6. The van der Waals surface area contributed by atoms with E-state index in [0.717, 1.165) is 18.6 Å². The number of hydrogen-bond acceptors (Lipinski definition) is 4. The molecule has 26 heavy (non-hydrogen) atoms. The Labute approximate surface area is 153 Å². The summed E-state index contributed by atoms with van der Waals surface area (Å²) >= 11 is 0. The van der Waals surface area contributed by atoms with Crippen molar-refractivity contribution >= 4 is 17.5 Å². The van der Waals surface area contributed by atoms with Gasteiger partial charge < -0.3 is 15.0 Å². The number of nitrogens with zero attached hydrogens (tertiary/aromatic N) is 2. The van der Waals surface area contributed by atoms with E-state index in [9.17, 15) is 9.59 Å². The van der Waals surface area contributed by atoms with Crippen LogP contribution in [0.3, 0.4) is 0 Å². The van der Waals surface area contributed by atoms with E-state index < -0.39 is 0 Å². The SMILES string of the molecule is O=C(Nc1cccnc1)[C@@H]1CCCN(C(=O)CCOc2ccccc2)C1. The van der Waals surface area contributed by atoms with Crippen molar-refractivity contribution in [3.05, 3.63) is 54.9 Å². The number of pyridine rings is 1. The van der Waals surface area contributed by atoms with Crippen LogP contribution in [0, 0.1) is 5.92 Å². The Bertz CT molecular complexity index is 722. The number of rotatable bonds is 6. The quantitative estimate of drug-likeness (QED) is 0.867. The van der Waals surface area contributed by atoms with Gasteiger partial charge in [-0.3, -0.25) is 14.6 Å². The highest BCUT2D eigenvalue weighted by atomic mass is 16.5. The molecule has 0 bridgehead atoms. The Hall–Kier alpha value is -2.89. The Morgan fingerprint density at radius 2 is 2.04 bits per heavy atom. The summed E-state index contributed by atoms with van der Waals surface area (Å²) in [6, 6.07) is 13.0. The van der Waals surface area contributed by atoms with Crippen LogP contribution in [0.5, 0.6) is 5.75 Å². The Balaban J connectivity index is 1.46. The highest BCUT2D eigenvalue weighted by Gasteiger charge is 2.28. The molecule has 0 radical (unpaired) electrons. The Morgan fingerprint density at radius 3 is 2.81 bits per heavy atom. The molecule has 1 saturated heterocycles. The van der Waals surface area contributed by atoms with Gasteiger partial charge in [-0.1, -0.05) is 18.2 Å². The van der Waals surface area contributed by atoms with Crippen molar-refractivity contribution < 1.29 is 14.3 Å². The monoisotopic (exact) mass is 353 g/mol. The van der Waals surface area contributed by atoms with Crippen LogP contribution >= 0.6 is 0 Å². The van der Waals surface area contributed by atoms with Gasteiger partial charge in [0.15, 0.2) is 0 Å². The summed E-state index contributed by atoms with van der Waals surface area (Å²) in [5.41, 5.74) is 0.678. The first-order valence-electron chi connectivity index (χ1n) is 8.89. The predicted octanol–water partition coefficient (Wildman–Crippen LogP) is 2.73. The molecule has 3 rings (SSSR count). The number of aromatic nitrogens is 1. The smallest absolute Gasteiger partial charge is 0.229 e. The van der Waals surface area contributed by atoms with Crippen LogP contribution in [0.25, 0.3) is 0 Å². The van der Waals surface area contributed by atoms with Crippen molar-refractivity contribution in [3.63, 3.8) is 0 Å². The zero-order chi connectivity index (χ0) is 18.2. The topological polar surface area (TPSA) is 71.5 Å². The summed E-state index contributed by atoms with van der Waals surface area (Å²) < 4.78 is 5.59. The molecule has 1 aromatic carbocycles. The van der Waals surface area contributed by atoms with Crippen LogP contribution in [0.4, 0.5) is 5.69 Å². The molecule has 1 atom stereocenters. The summed E-state index contributed by atoms with van der Waals surface area (Å²) in [5.74, 6) is 0.534. The number of ether oxygens (including phenoxy) is 1. The number of carbonyl (C=O) groups is 2. The zero-order valence-corrected chi connectivity index (χ0v) is 14.6. The fourth-order valence-corrected chi connectivity index (χ4v) is 3.03. The van der Waals surface area contributed by atoms with Crippen molar-refractivity contribution in [1.29, 1.82) is 0 Å². The van der Waals surface area contributed by atoms with E-state index >= 15 is 0 Å². The van der Waals surface area contributed by atoms with E-state index in [1.807, 2.05) is 30.3 Å². The van der Waals surface area contributed by atoms with Crippen molar-refractivity contribution in [1.82, 2.24) is 9.88 Å². The summed E-state index contributed by atoms with van der Waals surface area (Å²) in [7, 11) is 0. The first-order chi connectivity index (χ1) is 12.7. The Kier molecular flexibility index (Phi) is 6.19. The summed E-state index contributed by atoms with van der Waals surface area (Å²) in [4.78, 5) is 30.6. The van der Waals surface area contributed by atoms with Gasteiger partial charge in [-0.05, 0) is 37.1 Å². The second kappa shape index (κ2) is 8.99. The third kappa shape index (κ3) is 5.05. The molecular formula is C20H23N3O3. The lowest BCUT2D eigenvalue weighted by molar-refractivity contribution is -0.135. The lowest BCUT2D eigenvalue weighted by Gasteiger charge is -2.32. The maximum absolute atomic E-state index is 12.4. The van der Waals surface area contributed by atoms with Gasteiger partial charge in [0.05, 0.1) is 30.8 Å². The average Bonchev–Trinajstić information content (AvgIpc) is 2.69. The molecule has 1 fully saturated rings. The summed E-state index contributed by atoms with van der Waals surface area (Å²) in [5, 5.41) is 2.87. The number of benzene rings is 1. The molecule has 1 N–H and O–H groups in total. The first kappa shape index (κ1) is 17.9. The number of likely N-dealkylation sites (tertiary alicyclic amines) is 1. The molecule has 0 unspecified atom stereocenters. The molecule has 2 aromatic rings. The van der Waals surface area contributed by atoms with Crippen LogP contribution in [-0.4, -0.2) is 41.4 Å². The van der Waals surface area contributed by atoms with E-state index in [1.54, 1.807) is 29.4 Å².